The van der Waals surface area contributed by atoms with Gasteiger partial charge in [0.25, 0.3) is 0 Å². The third kappa shape index (κ3) is 2.14. The number of nitrogens with one attached hydrogen (secondary N) is 1. The molecule has 0 atom stereocenters. The molecule has 1 N–H and O–H groups in total. The third-order valence-electron chi connectivity index (χ3n) is 4.68. The highest BCUT2D eigenvalue weighted by atomic mass is 15.1. The zero-order valence-corrected chi connectivity index (χ0v) is 13.3. The maximum atomic E-state index is 8.11. The Bertz CT molecular complexity index is 961. The molecule has 4 rings (SSSR count). The van der Waals surface area contributed by atoms with Gasteiger partial charge >= 0.3 is 0 Å². The monoisotopic (exact) mass is 304 g/mol. The minimum Gasteiger partial charge on any atom is -0.320 e. The molecule has 3 heterocycles. The van der Waals surface area contributed by atoms with Crippen LogP contribution in [0.15, 0.2) is 49.2 Å². The van der Waals surface area contributed by atoms with Gasteiger partial charge in [0.15, 0.2) is 0 Å². The Morgan fingerprint density at radius 3 is 2.87 bits per heavy atom. The van der Waals surface area contributed by atoms with Crippen molar-refractivity contribution in [2.24, 2.45) is 0 Å². The van der Waals surface area contributed by atoms with E-state index in [9.17, 15) is 0 Å². The quantitative estimate of drug-likeness (QED) is 0.776. The van der Waals surface area contributed by atoms with Crippen LogP contribution >= 0.6 is 0 Å². The number of rotatable bonds is 2. The molecule has 0 spiro atoms. The lowest BCUT2D eigenvalue weighted by Crippen LogP contribution is -2.26. The van der Waals surface area contributed by atoms with Gasteiger partial charge < -0.3 is 14.0 Å². The summed E-state index contributed by atoms with van der Waals surface area (Å²) in [6.07, 6.45) is 4.90. The predicted molar refractivity (Wildman–Crippen MR) is 93.5 cm³/mol. The van der Waals surface area contributed by atoms with Crippen LogP contribution in [0.2, 0.25) is 0 Å². The molecule has 23 heavy (non-hydrogen) atoms. The molecule has 0 saturated carbocycles. The average Bonchev–Trinajstić information content (AvgIpc) is 2.87. The summed E-state index contributed by atoms with van der Waals surface area (Å²) in [5.41, 5.74) is 5.47. The zero-order chi connectivity index (χ0) is 16.0. The molecule has 0 saturated heterocycles. The number of fused-ring (bicyclic) bond motifs is 3. The molecule has 0 bridgehead atoms. The smallest absolute Gasteiger partial charge is 0.129 e. The molecule has 1 aromatic carbocycles. The summed E-state index contributed by atoms with van der Waals surface area (Å²) in [5.74, 6) is 0. The summed E-state index contributed by atoms with van der Waals surface area (Å²) < 4.78 is 4.13. The first-order chi connectivity index (χ1) is 11.2. The van der Waals surface area contributed by atoms with Crippen molar-refractivity contribution in [3.63, 3.8) is 0 Å². The summed E-state index contributed by atoms with van der Waals surface area (Å²) >= 11 is 0. The van der Waals surface area contributed by atoms with E-state index in [1.807, 2.05) is 35.2 Å². The summed E-state index contributed by atoms with van der Waals surface area (Å²) in [6.45, 7) is 6.03. The molecule has 0 radical (unpaired) electrons. The fourth-order valence-corrected chi connectivity index (χ4v) is 3.54. The highest BCUT2D eigenvalue weighted by Gasteiger charge is 2.21. The first-order valence-corrected chi connectivity index (χ1v) is 7.88. The van der Waals surface area contributed by atoms with Crippen molar-refractivity contribution in [1.82, 2.24) is 14.0 Å². The van der Waals surface area contributed by atoms with Gasteiger partial charge in [-0.05, 0) is 42.9 Å². The highest BCUT2D eigenvalue weighted by molar-refractivity contribution is 5.89. The number of aromatic nitrogens is 2. The van der Waals surface area contributed by atoms with Crippen molar-refractivity contribution in [2.75, 3.05) is 13.6 Å². The van der Waals surface area contributed by atoms with Crippen molar-refractivity contribution in [1.29, 1.82) is 5.41 Å². The Morgan fingerprint density at radius 2 is 2.09 bits per heavy atom. The minimum atomic E-state index is 0.487. The Hall–Kier alpha value is -2.59. The van der Waals surface area contributed by atoms with Crippen LogP contribution in [0.3, 0.4) is 0 Å². The third-order valence-corrected chi connectivity index (χ3v) is 4.68. The van der Waals surface area contributed by atoms with Gasteiger partial charge in [-0.3, -0.25) is 5.41 Å². The second kappa shape index (κ2) is 5.25. The minimum absolute atomic E-state index is 0.487. The maximum Gasteiger partial charge on any atom is 0.129 e. The first-order valence-electron chi connectivity index (χ1n) is 7.88. The predicted octanol–water partition coefficient (Wildman–Crippen LogP) is 3.00. The summed E-state index contributed by atoms with van der Waals surface area (Å²) in [5, 5.41) is 9.37. The molecule has 2 aromatic heterocycles. The molecule has 0 aliphatic carbocycles. The zero-order valence-electron chi connectivity index (χ0n) is 13.3. The average molecular weight is 304 g/mol. The lowest BCUT2D eigenvalue weighted by Gasteiger charge is -2.23. The Kier molecular flexibility index (Phi) is 3.20. The number of likely N-dealkylation sites (N-methyl/N-ethyl adjacent to an activating group) is 1. The molecule has 116 valence electrons. The molecule has 1 aliphatic rings. The summed E-state index contributed by atoms with van der Waals surface area (Å²) in [4.78, 5) is 2.35. The van der Waals surface area contributed by atoms with Gasteiger partial charge in [-0.1, -0.05) is 12.6 Å². The van der Waals surface area contributed by atoms with Crippen LogP contribution in [0.25, 0.3) is 22.8 Å². The van der Waals surface area contributed by atoms with Gasteiger partial charge in [0.2, 0.25) is 0 Å². The number of pyridine rings is 1. The van der Waals surface area contributed by atoms with Gasteiger partial charge in [-0.25, -0.2) is 0 Å². The summed E-state index contributed by atoms with van der Waals surface area (Å²) in [7, 11) is 2.16. The molecule has 3 aromatic rings. The summed E-state index contributed by atoms with van der Waals surface area (Å²) in [6, 6.07) is 12.1. The van der Waals surface area contributed by atoms with Gasteiger partial charge in [-0.2, -0.15) is 0 Å². The van der Waals surface area contributed by atoms with Crippen molar-refractivity contribution in [3.05, 3.63) is 65.9 Å². The largest absolute Gasteiger partial charge is 0.320 e. The second-order valence-electron chi connectivity index (χ2n) is 6.12. The van der Waals surface area contributed by atoms with Crippen LogP contribution < -0.4 is 5.49 Å². The van der Waals surface area contributed by atoms with Gasteiger partial charge in [0, 0.05) is 48.7 Å². The van der Waals surface area contributed by atoms with Crippen LogP contribution in [0.1, 0.15) is 11.3 Å². The number of hydrogen-bond donors (Lipinski definition) is 1. The fraction of sp³-hybridized carbons (Fsp3) is 0.211. The molecule has 4 heteroatoms. The fourth-order valence-electron chi connectivity index (χ4n) is 3.54. The first kappa shape index (κ1) is 14.0. The van der Waals surface area contributed by atoms with E-state index < -0.39 is 0 Å². The number of benzene rings is 1. The van der Waals surface area contributed by atoms with E-state index >= 15 is 0 Å². The Balaban J connectivity index is 1.99. The second-order valence-corrected chi connectivity index (χ2v) is 6.12. The van der Waals surface area contributed by atoms with Crippen molar-refractivity contribution < 1.29 is 0 Å². The Morgan fingerprint density at radius 1 is 1.22 bits per heavy atom. The Labute approximate surface area is 135 Å². The molecular formula is C19H20N4. The van der Waals surface area contributed by atoms with Crippen molar-refractivity contribution in [3.8, 4) is 5.69 Å². The molecule has 0 unspecified atom stereocenters. The van der Waals surface area contributed by atoms with E-state index in [1.54, 1.807) is 0 Å². The van der Waals surface area contributed by atoms with E-state index in [-0.39, 0.29) is 0 Å². The van der Waals surface area contributed by atoms with Gasteiger partial charge in [0.1, 0.15) is 5.49 Å². The van der Waals surface area contributed by atoms with Gasteiger partial charge in [-0.15, -0.1) is 0 Å². The van der Waals surface area contributed by atoms with Crippen molar-refractivity contribution in [2.45, 2.75) is 13.0 Å². The van der Waals surface area contributed by atoms with E-state index in [2.05, 4.69) is 41.3 Å². The van der Waals surface area contributed by atoms with Crippen LogP contribution in [0, 0.1) is 5.41 Å². The van der Waals surface area contributed by atoms with Crippen LogP contribution in [-0.4, -0.2) is 27.6 Å². The van der Waals surface area contributed by atoms with Crippen LogP contribution in [0.5, 0.6) is 0 Å². The van der Waals surface area contributed by atoms with Crippen LogP contribution in [0.4, 0.5) is 0 Å². The van der Waals surface area contributed by atoms with Crippen molar-refractivity contribution >= 4 is 17.1 Å². The standard InChI is InChI=1S/C19H20N4/c1-3-22-17-8-7-14(23-10-5-4-6-19(23)20)12-15(17)16-13-21(2)11-9-18(16)22/h3-8,10,12,20H,1,9,11,13H2,2H3. The van der Waals surface area contributed by atoms with Crippen LogP contribution in [-0.2, 0) is 13.0 Å². The van der Waals surface area contributed by atoms with E-state index in [0.29, 0.717) is 5.49 Å². The van der Waals surface area contributed by atoms with E-state index in [0.717, 1.165) is 25.2 Å². The lowest BCUT2D eigenvalue weighted by molar-refractivity contribution is 0.312. The SMILES string of the molecule is C=Cn1c2c(c3cc(-n4ccccc4=N)ccc31)CN(C)CC2. The normalized spacial score (nSPS) is 14.8. The number of nitrogens with zero attached hydrogens (tertiary/aromatic N) is 3. The topological polar surface area (TPSA) is 37.0 Å². The molecule has 0 fully saturated rings. The van der Waals surface area contributed by atoms with E-state index in [1.165, 1.54) is 22.2 Å². The molecule has 4 nitrogen and oxygen atoms in total. The molecular weight excluding hydrogens is 284 g/mol. The van der Waals surface area contributed by atoms with Gasteiger partial charge in [0.05, 0.1) is 5.52 Å². The lowest BCUT2D eigenvalue weighted by atomic mass is 10.0. The highest BCUT2D eigenvalue weighted by Crippen LogP contribution is 2.32. The molecule has 1 aliphatic heterocycles. The van der Waals surface area contributed by atoms with E-state index in [4.69, 9.17) is 5.41 Å². The maximum absolute atomic E-state index is 8.11. The number of hydrogen-bond acceptors (Lipinski definition) is 2. The molecule has 0 amide bonds.